The molecule has 3 rings (SSSR count). The molecule has 142 valence electrons. The normalized spacial score (nSPS) is 10.1. The first-order valence-corrected chi connectivity index (χ1v) is 9.01. The van der Waals surface area contributed by atoms with Crippen LogP contribution in [0.3, 0.4) is 0 Å². The molecule has 0 aliphatic heterocycles. The number of ether oxygens (including phenoxy) is 1. The van der Waals surface area contributed by atoms with E-state index < -0.39 is 29.0 Å². The van der Waals surface area contributed by atoms with Crippen LogP contribution in [0.25, 0.3) is 0 Å². The summed E-state index contributed by atoms with van der Waals surface area (Å²) < 4.78 is 56.4. The first-order chi connectivity index (χ1) is 12.8. The summed E-state index contributed by atoms with van der Waals surface area (Å²) in [7, 11) is 0. The molecule has 0 aliphatic rings. The topological polar surface area (TPSA) is 29.5 Å². The van der Waals surface area contributed by atoms with Gasteiger partial charge in [-0.25, -0.2) is 17.6 Å². The zero-order chi connectivity index (χ0) is 20.0. The summed E-state index contributed by atoms with van der Waals surface area (Å²) in [6.45, 7) is 0.238. The summed E-state index contributed by atoms with van der Waals surface area (Å²) in [4.78, 5) is 0. The molecule has 0 aliphatic carbocycles. The summed E-state index contributed by atoms with van der Waals surface area (Å²) in [6.07, 6.45) is 0. The Kier molecular flexibility index (Phi) is 7.67. The minimum Gasteiger partial charge on any atom is -0.504 e. The molecule has 3 aromatic rings. The number of benzene rings is 3. The molecule has 1 N–H and O–H groups in total. The van der Waals surface area contributed by atoms with E-state index in [4.69, 9.17) is 9.84 Å². The average molecular weight is 508 g/mol. The fraction of sp³-hybridized carbons (Fsp3) is 0.0526. The van der Waals surface area contributed by atoms with E-state index in [2.05, 4.69) is 31.9 Å². The van der Waals surface area contributed by atoms with Crippen LogP contribution in [0.4, 0.5) is 17.6 Å². The number of hydrogen-bond acceptors (Lipinski definition) is 2. The van der Waals surface area contributed by atoms with Crippen molar-refractivity contribution in [3.05, 3.63) is 92.4 Å². The molecule has 0 saturated heterocycles. The molecule has 0 bridgehead atoms. The maximum atomic E-state index is 13.4. The van der Waals surface area contributed by atoms with Gasteiger partial charge in [-0.05, 0) is 49.6 Å². The molecule has 3 aromatic carbocycles. The number of rotatable bonds is 3. The van der Waals surface area contributed by atoms with Gasteiger partial charge in [-0.1, -0.05) is 30.3 Å². The van der Waals surface area contributed by atoms with E-state index in [-0.39, 0.29) is 21.3 Å². The Morgan fingerprint density at radius 3 is 1.89 bits per heavy atom. The standard InChI is InChI=1S/C13H9BrF2O.C6H3BrF2O/c14-11-6-10(15)7-12(16)13(11)17-8-9-4-2-1-3-5-9;7-4-1-3(8)2-5(9)6(4)10/h1-7H,8H2;1-2,10H. The van der Waals surface area contributed by atoms with Gasteiger partial charge in [0.15, 0.2) is 23.1 Å². The van der Waals surface area contributed by atoms with Crippen molar-refractivity contribution in [2.24, 2.45) is 0 Å². The van der Waals surface area contributed by atoms with Crippen molar-refractivity contribution in [1.82, 2.24) is 0 Å². The van der Waals surface area contributed by atoms with E-state index in [9.17, 15) is 17.6 Å². The van der Waals surface area contributed by atoms with Gasteiger partial charge in [0.1, 0.15) is 18.2 Å². The molecular formula is C19H12Br2F4O2. The zero-order valence-corrected chi connectivity index (χ0v) is 16.7. The van der Waals surface area contributed by atoms with E-state index in [0.717, 1.165) is 17.7 Å². The van der Waals surface area contributed by atoms with Crippen LogP contribution in [-0.4, -0.2) is 5.11 Å². The van der Waals surface area contributed by atoms with Crippen molar-refractivity contribution >= 4 is 31.9 Å². The molecule has 0 heterocycles. The number of phenolic OH excluding ortho intramolecular Hbond substituents is 1. The minimum atomic E-state index is -0.966. The van der Waals surface area contributed by atoms with Crippen LogP contribution in [0.5, 0.6) is 11.5 Å². The maximum absolute atomic E-state index is 13.4. The van der Waals surface area contributed by atoms with Gasteiger partial charge in [-0.2, -0.15) is 0 Å². The van der Waals surface area contributed by atoms with Crippen LogP contribution in [-0.2, 0) is 6.61 Å². The Bertz CT molecular complexity index is 875. The molecule has 27 heavy (non-hydrogen) atoms. The van der Waals surface area contributed by atoms with E-state index in [1.165, 1.54) is 6.07 Å². The fourth-order valence-corrected chi connectivity index (χ4v) is 2.86. The summed E-state index contributed by atoms with van der Waals surface area (Å²) in [6, 6.07) is 12.9. The molecular weight excluding hydrogens is 496 g/mol. The third kappa shape index (κ3) is 6.25. The maximum Gasteiger partial charge on any atom is 0.169 e. The highest BCUT2D eigenvalue weighted by Crippen LogP contribution is 2.30. The second-order valence-corrected chi connectivity index (χ2v) is 6.90. The fourth-order valence-electron chi connectivity index (χ4n) is 1.93. The van der Waals surface area contributed by atoms with Gasteiger partial charge in [0.2, 0.25) is 0 Å². The van der Waals surface area contributed by atoms with Gasteiger partial charge in [-0.3, -0.25) is 0 Å². The van der Waals surface area contributed by atoms with Crippen LogP contribution in [0.1, 0.15) is 5.56 Å². The average Bonchev–Trinajstić information content (AvgIpc) is 2.60. The number of aromatic hydroxyl groups is 1. The highest BCUT2D eigenvalue weighted by Gasteiger charge is 2.11. The van der Waals surface area contributed by atoms with E-state index in [1.54, 1.807) is 0 Å². The highest BCUT2D eigenvalue weighted by atomic mass is 79.9. The van der Waals surface area contributed by atoms with Crippen molar-refractivity contribution in [2.45, 2.75) is 6.61 Å². The Labute approximate surface area is 169 Å². The number of phenols is 1. The molecule has 0 saturated carbocycles. The zero-order valence-electron chi connectivity index (χ0n) is 13.5. The van der Waals surface area contributed by atoms with E-state index in [1.807, 2.05) is 30.3 Å². The molecule has 0 unspecified atom stereocenters. The van der Waals surface area contributed by atoms with Crippen LogP contribution < -0.4 is 4.74 Å². The Hall–Kier alpha value is -2.06. The molecule has 0 aromatic heterocycles. The minimum absolute atomic E-state index is 0.0185. The summed E-state index contributed by atoms with van der Waals surface area (Å²) in [5.41, 5.74) is 0.920. The highest BCUT2D eigenvalue weighted by molar-refractivity contribution is 9.10. The van der Waals surface area contributed by atoms with Crippen molar-refractivity contribution in [1.29, 1.82) is 0 Å². The molecule has 8 heteroatoms. The molecule has 0 radical (unpaired) electrons. The second kappa shape index (κ2) is 9.75. The molecule has 0 amide bonds. The Balaban J connectivity index is 0.000000223. The predicted octanol–water partition coefficient (Wildman–Crippen LogP) is 6.74. The van der Waals surface area contributed by atoms with Gasteiger partial charge < -0.3 is 9.84 Å². The summed E-state index contributed by atoms with van der Waals surface area (Å²) in [5, 5.41) is 8.74. The van der Waals surface area contributed by atoms with Crippen molar-refractivity contribution in [2.75, 3.05) is 0 Å². The monoisotopic (exact) mass is 506 g/mol. The van der Waals surface area contributed by atoms with E-state index >= 15 is 0 Å². The molecule has 0 fully saturated rings. The van der Waals surface area contributed by atoms with Crippen molar-refractivity contribution in [3.63, 3.8) is 0 Å². The third-order valence-electron chi connectivity index (χ3n) is 3.17. The molecule has 0 atom stereocenters. The second-order valence-electron chi connectivity index (χ2n) is 5.19. The smallest absolute Gasteiger partial charge is 0.169 e. The lowest BCUT2D eigenvalue weighted by molar-refractivity contribution is 0.287. The van der Waals surface area contributed by atoms with Gasteiger partial charge in [-0.15, -0.1) is 0 Å². The SMILES string of the molecule is Fc1cc(F)c(OCc2ccccc2)c(Br)c1.Oc1c(F)cc(F)cc1Br. The van der Waals surface area contributed by atoms with Crippen LogP contribution >= 0.6 is 31.9 Å². The lowest BCUT2D eigenvalue weighted by Crippen LogP contribution is -1.98. The van der Waals surface area contributed by atoms with Crippen molar-refractivity contribution in [3.8, 4) is 11.5 Å². The van der Waals surface area contributed by atoms with Crippen LogP contribution in [0, 0.1) is 23.3 Å². The van der Waals surface area contributed by atoms with Crippen LogP contribution in [0.15, 0.2) is 63.5 Å². The van der Waals surface area contributed by atoms with Gasteiger partial charge in [0.05, 0.1) is 8.95 Å². The van der Waals surface area contributed by atoms with Gasteiger partial charge in [0.25, 0.3) is 0 Å². The lowest BCUT2D eigenvalue weighted by Gasteiger charge is -2.09. The number of hydrogen-bond donors (Lipinski definition) is 1. The quantitative estimate of drug-likeness (QED) is 0.398. The largest absolute Gasteiger partial charge is 0.504 e. The number of halogens is 6. The van der Waals surface area contributed by atoms with Gasteiger partial charge in [0, 0.05) is 12.1 Å². The summed E-state index contributed by atoms with van der Waals surface area (Å²) >= 11 is 5.83. The summed E-state index contributed by atoms with van der Waals surface area (Å²) in [5.74, 6) is -3.58. The van der Waals surface area contributed by atoms with E-state index in [0.29, 0.717) is 6.07 Å². The predicted molar refractivity (Wildman–Crippen MR) is 101 cm³/mol. The lowest BCUT2D eigenvalue weighted by atomic mass is 10.2. The first-order valence-electron chi connectivity index (χ1n) is 7.42. The molecule has 2 nitrogen and oxygen atoms in total. The van der Waals surface area contributed by atoms with Crippen molar-refractivity contribution < 1.29 is 27.4 Å². The Morgan fingerprint density at radius 1 is 0.778 bits per heavy atom. The first kappa shape index (κ1) is 21.2. The van der Waals surface area contributed by atoms with Gasteiger partial charge >= 0.3 is 0 Å². The molecule has 0 spiro atoms. The van der Waals surface area contributed by atoms with Crippen LogP contribution in [0.2, 0.25) is 0 Å². The third-order valence-corrected chi connectivity index (χ3v) is 4.36. The Morgan fingerprint density at radius 2 is 1.33 bits per heavy atom.